The van der Waals surface area contributed by atoms with Crippen LogP contribution in [0.3, 0.4) is 0 Å². The van der Waals surface area contributed by atoms with Gasteiger partial charge < -0.3 is 10.2 Å². The molecule has 160 valence electrons. The molecule has 3 aromatic carbocycles. The lowest BCUT2D eigenvalue weighted by atomic mass is 9.88. The summed E-state index contributed by atoms with van der Waals surface area (Å²) in [6.45, 7) is 4.21. The van der Waals surface area contributed by atoms with Crippen molar-refractivity contribution in [1.29, 1.82) is 0 Å². The van der Waals surface area contributed by atoms with Crippen LogP contribution in [-0.2, 0) is 16.1 Å². The van der Waals surface area contributed by atoms with E-state index >= 15 is 0 Å². The Bertz CT molecular complexity index is 963. The van der Waals surface area contributed by atoms with Gasteiger partial charge in [0.05, 0.1) is 0 Å². The fraction of sp³-hybridized carbons (Fsp3) is 0.259. The molecule has 3 aromatic rings. The van der Waals surface area contributed by atoms with E-state index in [0.29, 0.717) is 13.0 Å². The zero-order chi connectivity index (χ0) is 22.2. The van der Waals surface area contributed by atoms with Crippen LogP contribution in [0.2, 0.25) is 0 Å². The number of benzene rings is 3. The summed E-state index contributed by atoms with van der Waals surface area (Å²) in [6.07, 6.45) is 0.293. The van der Waals surface area contributed by atoms with E-state index in [0.717, 1.165) is 22.3 Å². The Labute approximate surface area is 184 Å². The van der Waals surface area contributed by atoms with Crippen LogP contribution >= 0.6 is 0 Å². The average Bonchev–Trinajstić information content (AvgIpc) is 2.82. The van der Waals surface area contributed by atoms with Crippen LogP contribution < -0.4 is 5.32 Å². The van der Waals surface area contributed by atoms with E-state index in [-0.39, 0.29) is 17.7 Å². The molecule has 2 amide bonds. The van der Waals surface area contributed by atoms with Gasteiger partial charge in [-0.1, -0.05) is 84.9 Å². The van der Waals surface area contributed by atoms with Crippen LogP contribution in [0.15, 0.2) is 84.9 Å². The second kappa shape index (κ2) is 10.6. The van der Waals surface area contributed by atoms with Gasteiger partial charge in [-0.2, -0.15) is 0 Å². The van der Waals surface area contributed by atoms with Crippen molar-refractivity contribution in [3.63, 3.8) is 0 Å². The van der Waals surface area contributed by atoms with Crippen LogP contribution in [-0.4, -0.2) is 29.8 Å². The molecular weight excluding hydrogens is 384 g/mol. The molecule has 0 aliphatic rings. The van der Waals surface area contributed by atoms with Crippen LogP contribution in [0.1, 0.15) is 41.5 Å². The van der Waals surface area contributed by atoms with Crippen molar-refractivity contribution in [2.75, 3.05) is 7.05 Å². The summed E-state index contributed by atoms with van der Waals surface area (Å²) >= 11 is 0. The molecule has 0 unspecified atom stereocenters. The molecule has 0 bridgehead atoms. The largest absolute Gasteiger partial charge is 0.357 e. The second-order valence-corrected chi connectivity index (χ2v) is 7.82. The Morgan fingerprint density at radius 2 is 1.35 bits per heavy atom. The highest BCUT2D eigenvalue weighted by Crippen LogP contribution is 2.29. The molecule has 0 spiro atoms. The summed E-state index contributed by atoms with van der Waals surface area (Å²) in [5.74, 6) is -0.291. The van der Waals surface area contributed by atoms with E-state index in [4.69, 9.17) is 0 Å². The van der Waals surface area contributed by atoms with E-state index in [1.807, 2.05) is 67.6 Å². The summed E-state index contributed by atoms with van der Waals surface area (Å²) < 4.78 is 0. The molecular formula is C27H30N2O2. The SMILES string of the molecule is CNC(=O)[C@@H](C)N(Cc1ccccc1C)C(=O)CC(c1ccccc1)c1ccccc1. The Balaban J connectivity index is 1.93. The van der Waals surface area contributed by atoms with Crippen molar-refractivity contribution >= 4 is 11.8 Å². The summed E-state index contributed by atoms with van der Waals surface area (Å²) in [5, 5.41) is 2.68. The number of aryl methyl sites for hydroxylation is 1. The quantitative estimate of drug-likeness (QED) is 0.582. The second-order valence-electron chi connectivity index (χ2n) is 7.82. The lowest BCUT2D eigenvalue weighted by molar-refractivity contribution is -0.140. The summed E-state index contributed by atoms with van der Waals surface area (Å²) in [6, 6.07) is 27.6. The van der Waals surface area contributed by atoms with Crippen LogP contribution in [0.4, 0.5) is 0 Å². The summed E-state index contributed by atoms with van der Waals surface area (Å²) in [7, 11) is 1.60. The Morgan fingerprint density at radius 1 is 0.839 bits per heavy atom. The van der Waals surface area contributed by atoms with Gasteiger partial charge in [0.15, 0.2) is 0 Å². The van der Waals surface area contributed by atoms with E-state index in [1.54, 1.807) is 18.9 Å². The standard InChI is InChI=1S/C27H30N2O2/c1-20-12-10-11-17-24(20)19-29(21(2)27(31)28-3)26(30)18-25(22-13-6-4-7-14-22)23-15-8-5-9-16-23/h4-17,21,25H,18-19H2,1-3H3,(H,28,31)/t21-/m1/s1. The van der Waals surface area contributed by atoms with Crippen molar-refractivity contribution in [2.24, 2.45) is 0 Å². The van der Waals surface area contributed by atoms with E-state index < -0.39 is 6.04 Å². The van der Waals surface area contributed by atoms with Crippen molar-refractivity contribution in [3.05, 3.63) is 107 Å². The van der Waals surface area contributed by atoms with Gasteiger partial charge in [-0.15, -0.1) is 0 Å². The predicted molar refractivity (Wildman–Crippen MR) is 125 cm³/mol. The van der Waals surface area contributed by atoms with Crippen molar-refractivity contribution in [3.8, 4) is 0 Å². The molecule has 1 N–H and O–H groups in total. The Morgan fingerprint density at radius 3 is 1.87 bits per heavy atom. The van der Waals surface area contributed by atoms with Crippen molar-refractivity contribution in [2.45, 2.75) is 38.8 Å². The van der Waals surface area contributed by atoms with Gasteiger partial charge in [0, 0.05) is 25.9 Å². The minimum Gasteiger partial charge on any atom is -0.357 e. The number of hydrogen-bond donors (Lipinski definition) is 1. The molecule has 0 radical (unpaired) electrons. The maximum atomic E-state index is 13.6. The zero-order valence-corrected chi connectivity index (χ0v) is 18.4. The van der Waals surface area contributed by atoms with Gasteiger partial charge >= 0.3 is 0 Å². The number of hydrogen-bond acceptors (Lipinski definition) is 2. The van der Waals surface area contributed by atoms with Crippen LogP contribution in [0.25, 0.3) is 0 Å². The number of rotatable bonds is 8. The normalized spacial score (nSPS) is 11.7. The highest BCUT2D eigenvalue weighted by atomic mass is 16.2. The Hall–Kier alpha value is -3.40. The summed E-state index contributed by atoms with van der Waals surface area (Å²) in [5.41, 5.74) is 4.32. The molecule has 0 saturated heterocycles. The van der Waals surface area contributed by atoms with Gasteiger partial charge in [-0.3, -0.25) is 9.59 Å². The fourth-order valence-electron chi connectivity index (χ4n) is 3.85. The predicted octanol–water partition coefficient (Wildman–Crippen LogP) is 4.68. The van der Waals surface area contributed by atoms with E-state index in [9.17, 15) is 9.59 Å². The van der Waals surface area contributed by atoms with Gasteiger partial charge in [0.25, 0.3) is 0 Å². The number of nitrogens with one attached hydrogen (secondary N) is 1. The van der Waals surface area contributed by atoms with Crippen LogP contribution in [0, 0.1) is 6.92 Å². The first-order valence-corrected chi connectivity index (χ1v) is 10.7. The first-order chi connectivity index (χ1) is 15.0. The number of nitrogens with zero attached hydrogens (tertiary/aromatic N) is 1. The molecule has 0 aliphatic carbocycles. The summed E-state index contributed by atoms with van der Waals surface area (Å²) in [4.78, 5) is 27.8. The van der Waals surface area contributed by atoms with Gasteiger partial charge in [0.2, 0.25) is 11.8 Å². The molecule has 4 heteroatoms. The third kappa shape index (κ3) is 5.60. The minimum absolute atomic E-state index is 0.0444. The molecule has 4 nitrogen and oxygen atoms in total. The van der Waals surface area contributed by atoms with Gasteiger partial charge in [-0.05, 0) is 36.1 Å². The zero-order valence-electron chi connectivity index (χ0n) is 18.4. The topological polar surface area (TPSA) is 49.4 Å². The molecule has 0 saturated carbocycles. The molecule has 0 heterocycles. The lowest BCUT2D eigenvalue weighted by Gasteiger charge is -2.30. The number of likely N-dealkylation sites (N-methyl/N-ethyl adjacent to an activating group) is 1. The molecule has 1 atom stereocenters. The van der Waals surface area contributed by atoms with E-state index in [2.05, 4.69) is 29.6 Å². The number of carbonyl (C=O) groups excluding carboxylic acids is 2. The molecule has 0 aromatic heterocycles. The van der Waals surface area contributed by atoms with Crippen LogP contribution in [0.5, 0.6) is 0 Å². The maximum Gasteiger partial charge on any atom is 0.242 e. The lowest BCUT2D eigenvalue weighted by Crippen LogP contribution is -2.47. The molecule has 3 rings (SSSR count). The number of carbonyl (C=O) groups is 2. The maximum absolute atomic E-state index is 13.6. The first kappa shape index (κ1) is 22.3. The molecule has 0 aliphatic heterocycles. The van der Waals surface area contributed by atoms with Gasteiger partial charge in [0.1, 0.15) is 6.04 Å². The third-order valence-electron chi connectivity index (χ3n) is 5.80. The fourth-order valence-corrected chi connectivity index (χ4v) is 3.85. The molecule has 0 fully saturated rings. The monoisotopic (exact) mass is 414 g/mol. The minimum atomic E-state index is -0.565. The van der Waals surface area contributed by atoms with E-state index in [1.165, 1.54) is 0 Å². The highest BCUT2D eigenvalue weighted by Gasteiger charge is 2.28. The van der Waals surface area contributed by atoms with Crippen molar-refractivity contribution < 1.29 is 9.59 Å². The number of amides is 2. The molecule has 31 heavy (non-hydrogen) atoms. The smallest absolute Gasteiger partial charge is 0.242 e. The first-order valence-electron chi connectivity index (χ1n) is 10.7. The van der Waals surface area contributed by atoms with Gasteiger partial charge in [-0.25, -0.2) is 0 Å². The average molecular weight is 415 g/mol. The highest BCUT2D eigenvalue weighted by molar-refractivity contribution is 5.87. The third-order valence-corrected chi connectivity index (χ3v) is 5.80. The van der Waals surface area contributed by atoms with Crippen molar-refractivity contribution in [1.82, 2.24) is 10.2 Å². The Kier molecular flexibility index (Phi) is 7.60.